The van der Waals surface area contributed by atoms with Gasteiger partial charge in [0.2, 0.25) is 0 Å². The van der Waals surface area contributed by atoms with Crippen molar-refractivity contribution in [3.05, 3.63) is 124 Å². The first kappa shape index (κ1) is 76.6. The van der Waals surface area contributed by atoms with E-state index >= 15 is 0 Å². The van der Waals surface area contributed by atoms with E-state index in [1.807, 2.05) is 162 Å². The van der Waals surface area contributed by atoms with E-state index in [0.29, 0.717) is 99.7 Å². The van der Waals surface area contributed by atoms with Crippen LogP contribution in [0.25, 0.3) is 50.7 Å². The zero-order valence-electron chi connectivity index (χ0n) is 62.8. The highest BCUT2D eigenvalue weighted by atomic mass is 35.5. The maximum absolute atomic E-state index is 12.8. The van der Waals surface area contributed by atoms with Gasteiger partial charge in [-0.25, -0.2) is 44.3 Å². The van der Waals surface area contributed by atoms with Crippen molar-refractivity contribution in [3.63, 3.8) is 0 Å². The molecule has 0 radical (unpaired) electrons. The van der Waals surface area contributed by atoms with Crippen molar-refractivity contribution in [1.29, 1.82) is 0 Å². The largest absolute Gasteiger partial charge is 0.444 e. The van der Waals surface area contributed by atoms with Gasteiger partial charge in [0, 0.05) is 120 Å². The molecule has 570 valence electrons. The zero-order chi connectivity index (χ0) is 76.8. The number of carbonyl (C=O) groups is 3. The third-order valence-electron chi connectivity index (χ3n) is 17.9. The molecule has 30 nitrogen and oxygen atoms in total. The van der Waals surface area contributed by atoms with Crippen molar-refractivity contribution in [2.45, 2.75) is 156 Å². The summed E-state index contributed by atoms with van der Waals surface area (Å²) >= 11 is 24.6. The van der Waals surface area contributed by atoms with Crippen LogP contribution >= 0.6 is 69.4 Å². The number of carbonyl (C=O) groups excluding carboxylic acids is 3. The van der Waals surface area contributed by atoms with Gasteiger partial charge in [-0.2, -0.15) is 28.4 Å². The van der Waals surface area contributed by atoms with Crippen LogP contribution in [-0.2, 0) is 35.4 Å². The summed E-state index contributed by atoms with van der Waals surface area (Å²) in [5.41, 5.74) is 10.4. The highest BCUT2D eigenvalue weighted by Crippen LogP contribution is 2.42. The van der Waals surface area contributed by atoms with Crippen LogP contribution in [0.3, 0.4) is 0 Å². The number of hydrogen-bond donors (Lipinski definition) is 3. The van der Waals surface area contributed by atoms with Crippen molar-refractivity contribution in [2.75, 3.05) is 55.2 Å². The predicted octanol–water partition coefficient (Wildman–Crippen LogP) is 16.2. The van der Waals surface area contributed by atoms with Crippen LogP contribution in [-0.4, -0.2) is 175 Å². The zero-order valence-corrected chi connectivity index (χ0v) is 67.6. The number of imidazole rings is 3. The monoisotopic (exact) mass is 1580 g/mol. The molecule has 3 atom stereocenters. The molecule has 12 aromatic rings. The van der Waals surface area contributed by atoms with Crippen molar-refractivity contribution >= 4 is 137 Å². The Labute approximate surface area is 651 Å². The molecule has 3 N–H and O–H groups in total. The van der Waals surface area contributed by atoms with Crippen molar-refractivity contribution in [3.8, 4) is 33.8 Å². The number of anilines is 6. The molecule has 0 aliphatic carbocycles. The standard InChI is InChI=1S/C24H28Cl2N8O2S.C24H29ClN8O2S.C24H30N8O2S/c1-13-17(25)22(37-31-13)30-20-21-27-10-16(15-9-28-32(5)11-15)34(21)19(26)18(29-20)14-7-6-8-33(12-14)23(35)36-24(2,3)4;1-14-9-18(36-30-14)28-21-22-26-11-17(16-10-27-31(5)12-16)33(22)20(25)19(29-21)15-7-6-8-32(13-15)23(34)35-24(2,3)4;1-15-9-20(35-29-15)28-21-22-25-11-19(17-10-26-30(5)12-17)32(22)14-18(27-21)16-7-6-8-31(13-16)23(33)34-24(2,3)4/h9-11,14H,6-8,12H2,1-5H3,(H,29,30);9-12,15H,6-8,13H2,1-5H3,(H,28,29);9-12,14,16H,6-8,13H2,1-5H3,(H,27,28). The van der Waals surface area contributed by atoms with Gasteiger partial charge >= 0.3 is 18.3 Å². The van der Waals surface area contributed by atoms with Gasteiger partial charge in [-0.05, 0) is 168 Å². The first-order valence-electron chi connectivity index (χ1n) is 35.5. The molecule has 0 aromatic carbocycles. The maximum atomic E-state index is 12.8. The smallest absolute Gasteiger partial charge is 0.410 e. The van der Waals surface area contributed by atoms with Gasteiger partial charge < -0.3 is 44.9 Å². The number of nitrogens with zero attached hydrogens (tertiary/aromatic N) is 21. The number of aryl methyl sites for hydroxylation is 6. The molecule has 0 spiro atoms. The molecule has 15 heterocycles. The number of rotatable bonds is 12. The number of aromatic nitrogens is 18. The quantitative estimate of drug-likeness (QED) is 0.0957. The Morgan fingerprint density at radius 3 is 1.26 bits per heavy atom. The SMILES string of the molecule is Cc1cc(Nc2nc(C3CCCN(C(=O)OC(C)(C)C)C3)c(Cl)n3c(-c4cnn(C)c4)cnc23)sn1.Cc1cc(Nc2nc(C3CCCN(C(=O)OC(C)(C)C)C3)cn3c(-c4cnn(C)c4)cnc23)sn1.Cc1nsc(Nc2nc(C3CCCN(C(=O)OC(C)(C)C)C3)c(Cl)n3c(-c4cnn(C)c4)cnc23)c1Cl. The number of nitrogens with one attached hydrogen (secondary N) is 3. The van der Waals surface area contributed by atoms with Crippen LogP contribution in [0.1, 0.15) is 153 Å². The van der Waals surface area contributed by atoms with Crippen LogP contribution in [0.4, 0.5) is 46.8 Å². The minimum absolute atomic E-state index is 0.0592. The first-order valence-corrected chi connectivity index (χ1v) is 38.9. The van der Waals surface area contributed by atoms with Crippen LogP contribution in [0.2, 0.25) is 15.3 Å². The fourth-order valence-corrected chi connectivity index (χ4v) is 16.1. The topological polar surface area (TPSA) is 307 Å². The van der Waals surface area contributed by atoms with Gasteiger partial charge in [0.05, 0.1) is 93.4 Å². The Morgan fingerprint density at radius 2 is 0.870 bits per heavy atom. The van der Waals surface area contributed by atoms with Crippen molar-refractivity contribution < 1.29 is 28.6 Å². The number of halogens is 3. The van der Waals surface area contributed by atoms with Crippen molar-refractivity contribution in [1.82, 2.24) is 100 Å². The Kier molecular flexibility index (Phi) is 22.1. The molecule has 3 saturated heterocycles. The van der Waals surface area contributed by atoms with E-state index in [1.54, 1.807) is 53.5 Å². The summed E-state index contributed by atoms with van der Waals surface area (Å²) in [4.78, 5) is 72.5. The van der Waals surface area contributed by atoms with Gasteiger partial charge in [-0.15, -0.1) is 0 Å². The molecule has 3 unspecified atom stereocenters. The van der Waals surface area contributed by atoms with Crippen LogP contribution in [0.15, 0.2) is 74.1 Å². The van der Waals surface area contributed by atoms with Gasteiger partial charge in [-0.1, -0.05) is 34.8 Å². The summed E-state index contributed by atoms with van der Waals surface area (Å²) in [7, 11) is 5.62. The van der Waals surface area contributed by atoms with Gasteiger partial charge in [0.25, 0.3) is 0 Å². The summed E-state index contributed by atoms with van der Waals surface area (Å²) in [6.45, 7) is 26.1. The molecule has 0 saturated carbocycles. The molecule has 15 rings (SSSR count). The van der Waals surface area contributed by atoms with E-state index in [2.05, 4.69) is 63.7 Å². The number of fused-ring (bicyclic) bond motifs is 3. The predicted molar refractivity (Wildman–Crippen MR) is 420 cm³/mol. The molecule has 3 fully saturated rings. The molecule has 36 heteroatoms. The van der Waals surface area contributed by atoms with E-state index in [-0.39, 0.29) is 36.0 Å². The summed E-state index contributed by atoms with van der Waals surface area (Å²) in [6, 6.07) is 3.96. The first-order chi connectivity index (χ1) is 51.3. The van der Waals surface area contributed by atoms with Crippen LogP contribution < -0.4 is 16.0 Å². The van der Waals surface area contributed by atoms with E-state index in [9.17, 15) is 14.4 Å². The molecule has 12 aromatic heterocycles. The lowest BCUT2D eigenvalue weighted by Crippen LogP contribution is -2.42. The second-order valence-corrected chi connectivity index (χ2v) is 33.7. The van der Waals surface area contributed by atoms with E-state index in [1.165, 1.54) is 34.6 Å². The molecule has 108 heavy (non-hydrogen) atoms. The summed E-state index contributed by atoms with van der Waals surface area (Å²) < 4.78 is 41.0. The average Bonchev–Trinajstić information content (AvgIpc) is 1.56. The Hall–Kier alpha value is -9.54. The molecule has 3 aliphatic heterocycles. The number of hydrogen-bond acceptors (Lipinski definition) is 24. The second-order valence-electron chi connectivity index (χ2n) is 30.2. The maximum Gasteiger partial charge on any atom is 0.410 e. The second kappa shape index (κ2) is 31.2. The fourth-order valence-electron chi connectivity index (χ4n) is 13.1. The summed E-state index contributed by atoms with van der Waals surface area (Å²) in [5.74, 6) is 1.68. The molecule has 0 bridgehead atoms. The minimum Gasteiger partial charge on any atom is -0.444 e. The van der Waals surface area contributed by atoms with Crippen LogP contribution in [0, 0.1) is 20.8 Å². The normalized spacial score (nSPS) is 16.5. The number of amides is 3. The van der Waals surface area contributed by atoms with Gasteiger partial charge in [0.15, 0.2) is 34.4 Å². The van der Waals surface area contributed by atoms with Crippen LogP contribution in [0.5, 0.6) is 0 Å². The minimum atomic E-state index is -0.572. The number of likely N-dealkylation sites (tertiary alicyclic amines) is 3. The lowest BCUT2D eigenvalue weighted by atomic mass is 9.95. The molecule has 3 aliphatic rings. The third-order valence-corrected chi connectivity index (χ3v) is 21.7. The molecular weight excluding hydrogens is 1500 g/mol. The Morgan fingerprint density at radius 1 is 0.481 bits per heavy atom. The summed E-state index contributed by atoms with van der Waals surface area (Å²) in [5, 5.41) is 27.0. The number of piperidine rings is 3. The lowest BCUT2D eigenvalue weighted by molar-refractivity contribution is 0.0187. The third kappa shape index (κ3) is 17.4. The van der Waals surface area contributed by atoms with E-state index < -0.39 is 16.8 Å². The Bertz CT molecular complexity index is 5280. The van der Waals surface area contributed by atoms with E-state index in [0.717, 1.165) is 111 Å². The highest BCUT2D eigenvalue weighted by molar-refractivity contribution is 7.11. The molecular formula is C72H87Cl3N24O6S3. The van der Waals surface area contributed by atoms with Gasteiger partial charge in [-0.3, -0.25) is 27.2 Å². The lowest BCUT2D eigenvalue weighted by Gasteiger charge is -2.34. The fraction of sp³-hybridized carbons (Fsp3) is 0.458. The van der Waals surface area contributed by atoms with E-state index in [4.69, 9.17) is 64.0 Å². The van der Waals surface area contributed by atoms with Gasteiger partial charge in [0.1, 0.15) is 42.1 Å². The molecule has 3 amide bonds. The number of ether oxygens (including phenoxy) is 3. The average molecular weight is 1590 g/mol. The highest BCUT2D eigenvalue weighted by Gasteiger charge is 2.36. The Balaban J connectivity index is 0.000000143. The van der Waals surface area contributed by atoms with Crippen molar-refractivity contribution in [2.24, 2.45) is 21.1 Å². The summed E-state index contributed by atoms with van der Waals surface area (Å²) in [6.07, 6.45) is 22.8.